The van der Waals surface area contributed by atoms with Gasteiger partial charge in [-0.25, -0.2) is 0 Å². The van der Waals surface area contributed by atoms with Gasteiger partial charge in [0.15, 0.2) is 0 Å². The molecule has 1 aliphatic rings. The number of esters is 1. The third kappa shape index (κ3) is 31.5. The molecule has 2 N–H and O–H groups in total. The predicted molar refractivity (Wildman–Crippen MR) is 232 cm³/mol. The van der Waals surface area contributed by atoms with E-state index in [9.17, 15) is 9.59 Å². The number of nitrogens with one attached hydrogen (secondary N) is 1. The highest BCUT2D eigenvalue weighted by atomic mass is 16.6. The summed E-state index contributed by atoms with van der Waals surface area (Å²) >= 11 is 0. The molecule has 326 valence electrons. The maximum absolute atomic E-state index is 13.7. The van der Waals surface area contributed by atoms with Crippen LogP contribution in [-0.2, 0) is 23.8 Å². The van der Waals surface area contributed by atoms with Gasteiger partial charge in [0.25, 0.3) is 0 Å². The number of carbonyl (C=O) groups excluding carboxylic acids is 1. The molecule has 0 saturated carbocycles. The molecule has 0 aliphatic carbocycles. The van der Waals surface area contributed by atoms with E-state index in [1.807, 2.05) is 0 Å². The van der Waals surface area contributed by atoms with Crippen molar-refractivity contribution in [2.24, 2.45) is 17.8 Å². The second kappa shape index (κ2) is 38.3. The molecule has 1 saturated heterocycles. The third-order valence-corrected chi connectivity index (χ3v) is 12.2. The normalized spacial score (nSPS) is 15.9. The molecule has 0 radical (unpaired) electrons. The van der Waals surface area contributed by atoms with E-state index in [0.717, 1.165) is 76.7 Å². The van der Waals surface area contributed by atoms with Crippen LogP contribution < -0.4 is 5.32 Å². The number of aliphatic carboxylic acids is 1. The van der Waals surface area contributed by atoms with Crippen LogP contribution in [0, 0.1) is 17.8 Å². The Hall–Kier alpha value is -1.18. The van der Waals surface area contributed by atoms with Gasteiger partial charge in [-0.05, 0) is 56.8 Å². The summed E-state index contributed by atoms with van der Waals surface area (Å²) < 4.78 is 17.7. The van der Waals surface area contributed by atoms with Crippen LogP contribution in [0.1, 0.15) is 233 Å². The van der Waals surface area contributed by atoms with E-state index in [4.69, 9.17) is 19.3 Å². The van der Waals surface area contributed by atoms with E-state index in [2.05, 4.69) is 33.0 Å². The number of unbranched alkanes of at least 4 members (excludes halogenated alkanes) is 15. The molecule has 0 aromatic heterocycles. The molecule has 0 spiro atoms. The molecular weight excluding hydrogens is 687 g/mol. The first kappa shape index (κ1) is 51.8. The molecule has 0 bridgehead atoms. The fraction of sp³-hybridized carbons (Fsp3) is 0.958. The monoisotopic (exact) mass is 780 g/mol. The fourth-order valence-corrected chi connectivity index (χ4v) is 8.49. The molecule has 0 amide bonds. The molecule has 3 atom stereocenters. The van der Waals surface area contributed by atoms with E-state index in [-0.39, 0.29) is 24.4 Å². The highest BCUT2D eigenvalue weighted by Crippen LogP contribution is 2.28. The topological polar surface area (TPSA) is 94.1 Å². The summed E-state index contributed by atoms with van der Waals surface area (Å²) in [6.45, 7) is 12.6. The minimum absolute atomic E-state index is 0.0427. The van der Waals surface area contributed by atoms with Crippen LogP contribution in [0.25, 0.3) is 0 Å². The van der Waals surface area contributed by atoms with Crippen molar-refractivity contribution >= 4 is 11.9 Å². The van der Waals surface area contributed by atoms with Gasteiger partial charge in [0.05, 0.1) is 38.4 Å². The zero-order chi connectivity index (χ0) is 40.0. The van der Waals surface area contributed by atoms with E-state index in [1.54, 1.807) is 0 Å². The van der Waals surface area contributed by atoms with Gasteiger partial charge in [0.1, 0.15) is 0 Å². The van der Waals surface area contributed by atoms with Crippen LogP contribution >= 0.6 is 0 Å². The van der Waals surface area contributed by atoms with Crippen molar-refractivity contribution < 1.29 is 28.9 Å². The van der Waals surface area contributed by atoms with Crippen molar-refractivity contribution in [3.63, 3.8) is 0 Å². The first-order valence-electron chi connectivity index (χ1n) is 24.2. The maximum atomic E-state index is 13.7. The van der Waals surface area contributed by atoms with Crippen LogP contribution in [0.4, 0.5) is 0 Å². The minimum Gasteiger partial charge on any atom is -0.481 e. The van der Waals surface area contributed by atoms with Gasteiger partial charge in [-0.3, -0.25) is 9.59 Å². The van der Waals surface area contributed by atoms with E-state index >= 15 is 0 Å². The molecule has 0 aromatic carbocycles. The zero-order valence-electron chi connectivity index (χ0n) is 37.0. The molecule has 1 fully saturated rings. The summed E-state index contributed by atoms with van der Waals surface area (Å²) in [5.74, 6) is 0.878. The Balaban J connectivity index is 2.69. The number of rotatable bonds is 41. The van der Waals surface area contributed by atoms with E-state index < -0.39 is 5.97 Å². The van der Waals surface area contributed by atoms with Crippen molar-refractivity contribution in [2.75, 3.05) is 33.0 Å². The van der Waals surface area contributed by atoms with E-state index in [1.165, 1.54) is 135 Å². The first-order chi connectivity index (χ1) is 26.9. The van der Waals surface area contributed by atoms with Crippen LogP contribution in [-0.4, -0.2) is 62.2 Å². The van der Waals surface area contributed by atoms with Crippen LogP contribution in [0.15, 0.2) is 0 Å². The highest BCUT2D eigenvalue weighted by Gasteiger charge is 2.23. The Morgan fingerprint density at radius 1 is 0.582 bits per heavy atom. The van der Waals surface area contributed by atoms with Crippen molar-refractivity contribution in [1.82, 2.24) is 5.32 Å². The molecule has 1 aliphatic heterocycles. The summed E-state index contributed by atoms with van der Waals surface area (Å²) in [5.41, 5.74) is 0. The van der Waals surface area contributed by atoms with Crippen molar-refractivity contribution in [3.8, 4) is 0 Å². The second-order valence-electron chi connectivity index (χ2n) is 17.3. The van der Waals surface area contributed by atoms with Gasteiger partial charge in [-0.1, -0.05) is 182 Å². The Bertz CT molecular complexity index is 828. The lowest BCUT2D eigenvalue weighted by molar-refractivity contribution is -0.149. The number of hydrogen-bond donors (Lipinski definition) is 2. The van der Waals surface area contributed by atoms with Crippen molar-refractivity contribution in [3.05, 3.63) is 0 Å². The Morgan fingerprint density at radius 3 is 1.58 bits per heavy atom. The Labute approximate surface area is 341 Å². The lowest BCUT2D eigenvalue weighted by atomic mass is 9.86. The third-order valence-electron chi connectivity index (χ3n) is 12.2. The molecule has 1 heterocycles. The van der Waals surface area contributed by atoms with Crippen molar-refractivity contribution in [1.29, 1.82) is 0 Å². The SMILES string of the molecule is CCCCCC(CCCCC)CCOC(=O)C(CCCCCCC(CCCCCCCC(=O)O)NCC1COCCO1)CCC(CCCCC)CCCCC. The van der Waals surface area contributed by atoms with Gasteiger partial charge in [-0.15, -0.1) is 0 Å². The number of carbonyl (C=O) groups is 2. The number of ether oxygens (including phenoxy) is 3. The number of carboxylic acids is 1. The van der Waals surface area contributed by atoms with Gasteiger partial charge in [0.2, 0.25) is 0 Å². The van der Waals surface area contributed by atoms with Crippen LogP contribution in [0.2, 0.25) is 0 Å². The zero-order valence-corrected chi connectivity index (χ0v) is 37.0. The molecule has 1 rings (SSSR count). The summed E-state index contributed by atoms with van der Waals surface area (Å²) in [4.78, 5) is 24.6. The van der Waals surface area contributed by atoms with Gasteiger partial charge >= 0.3 is 11.9 Å². The summed E-state index contributed by atoms with van der Waals surface area (Å²) in [6, 6.07) is 0.470. The van der Waals surface area contributed by atoms with Crippen molar-refractivity contribution in [2.45, 2.75) is 245 Å². The van der Waals surface area contributed by atoms with Gasteiger partial charge < -0.3 is 24.6 Å². The summed E-state index contributed by atoms with van der Waals surface area (Å²) in [7, 11) is 0. The minimum atomic E-state index is -0.687. The summed E-state index contributed by atoms with van der Waals surface area (Å²) in [6.07, 6.45) is 37.6. The number of carboxylic acid groups (broad SMARTS) is 1. The number of hydrogen-bond acceptors (Lipinski definition) is 6. The maximum Gasteiger partial charge on any atom is 0.308 e. The quantitative estimate of drug-likeness (QED) is 0.0471. The standard InChI is InChI=1S/C48H93NO6/c1-5-9-18-26-42(27-19-10-6-2)34-35-44(48(52)55-37-36-43(28-20-11-7-3)29-21-12-8-4)30-22-16-17-24-32-45(49-40-46-41-53-38-39-54-46)31-23-14-13-15-25-33-47(50)51/h42-46,49H,5-41H2,1-4H3,(H,50,51). The smallest absolute Gasteiger partial charge is 0.308 e. The van der Waals surface area contributed by atoms with E-state index in [0.29, 0.717) is 38.4 Å². The average Bonchev–Trinajstić information content (AvgIpc) is 3.18. The van der Waals surface area contributed by atoms with Crippen LogP contribution in [0.5, 0.6) is 0 Å². The highest BCUT2D eigenvalue weighted by molar-refractivity contribution is 5.72. The molecular formula is C48H93NO6. The predicted octanol–water partition coefficient (Wildman–Crippen LogP) is 13.4. The summed E-state index contributed by atoms with van der Waals surface area (Å²) in [5, 5.41) is 12.7. The average molecular weight is 780 g/mol. The molecule has 3 unspecified atom stereocenters. The van der Waals surface area contributed by atoms with Gasteiger partial charge in [0, 0.05) is 19.0 Å². The largest absolute Gasteiger partial charge is 0.481 e. The molecule has 7 heteroatoms. The fourth-order valence-electron chi connectivity index (χ4n) is 8.49. The Kier molecular flexibility index (Phi) is 36.1. The van der Waals surface area contributed by atoms with Gasteiger partial charge in [-0.2, -0.15) is 0 Å². The molecule has 0 aromatic rings. The molecule has 7 nitrogen and oxygen atoms in total. The second-order valence-corrected chi connectivity index (χ2v) is 17.3. The first-order valence-corrected chi connectivity index (χ1v) is 24.2. The lowest BCUT2D eigenvalue weighted by Crippen LogP contribution is -2.41. The molecule has 55 heavy (non-hydrogen) atoms. The van der Waals surface area contributed by atoms with Crippen LogP contribution in [0.3, 0.4) is 0 Å². The Morgan fingerprint density at radius 2 is 1.07 bits per heavy atom. The lowest BCUT2D eigenvalue weighted by Gasteiger charge is -2.26.